The second kappa shape index (κ2) is 11.3. The molecule has 0 saturated heterocycles. The molecule has 0 fully saturated rings. The van der Waals surface area contributed by atoms with Gasteiger partial charge in [0.1, 0.15) is 0 Å². The molecular formula is C17H28BrNO. The van der Waals surface area contributed by atoms with E-state index in [-0.39, 0.29) is 0 Å². The minimum Gasteiger partial charge on any atom is -0.383 e. The molecule has 0 aliphatic carbocycles. The van der Waals surface area contributed by atoms with Gasteiger partial charge in [-0.2, -0.15) is 0 Å². The van der Waals surface area contributed by atoms with E-state index in [0.29, 0.717) is 5.92 Å². The summed E-state index contributed by atoms with van der Waals surface area (Å²) in [6, 6.07) is 8.57. The van der Waals surface area contributed by atoms with Crippen molar-refractivity contribution in [2.45, 2.75) is 39.0 Å². The van der Waals surface area contributed by atoms with E-state index < -0.39 is 0 Å². The first-order chi connectivity index (χ1) is 9.77. The van der Waals surface area contributed by atoms with Crippen LogP contribution in [0.3, 0.4) is 0 Å². The molecule has 0 aliphatic rings. The number of unbranched alkanes of at least 4 members (excludes halogenated alkanes) is 2. The maximum absolute atomic E-state index is 5.09. The molecule has 0 amide bonds. The maximum Gasteiger partial charge on any atom is 0.0587 e. The van der Waals surface area contributed by atoms with Gasteiger partial charge in [0, 0.05) is 18.1 Å². The molecule has 1 aromatic rings. The molecule has 0 radical (unpaired) electrons. The van der Waals surface area contributed by atoms with Gasteiger partial charge in [0.2, 0.25) is 0 Å². The van der Waals surface area contributed by atoms with E-state index in [0.717, 1.165) is 26.1 Å². The lowest BCUT2D eigenvalue weighted by molar-refractivity contribution is 0.197. The molecule has 20 heavy (non-hydrogen) atoms. The van der Waals surface area contributed by atoms with Gasteiger partial charge >= 0.3 is 0 Å². The highest BCUT2D eigenvalue weighted by Gasteiger charge is 2.11. The summed E-state index contributed by atoms with van der Waals surface area (Å²) in [6.07, 6.45) is 6.40. The van der Waals surface area contributed by atoms with Gasteiger partial charge in [0.15, 0.2) is 0 Å². The Kier molecular flexibility index (Phi) is 9.98. The van der Waals surface area contributed by atoms with E-state index in [2.05, 4.69) is 52.4 Å². The van der Waals surface area contributed by atoms with Crippen LogP contribution in [0.2, 0.25) is 0 Å². The molecule has 1 atom stereocenters. The molecule has 3 heteroatoms. The van der Waals surface area contributed by atoms with Gasteiger partial charge < -0.3 is 10.1 Å². The van der Waals surface area contributed by atoms with E-state index in [1.165, 1.54) is 35.7 Å². The summed E-state index contributed by atoms with van der Waals surface area (Å²) in [5, 5.41) is 3.51. The van der Waals surface area contributed by atoms with Gasteiger partial charge in [-0.25, -0.2) is 0 Å². The van der Waals surface area contributed by atoms with Crippen molar-refractivity contribution in [1.82, 2.24) is 5.32 Å². The molecule has 0 bridgehead atoms. The van der Waals surface area contributed by atoms with E-state index in [1.807, 2.05) is 0 Å². The number of ether oxygens (including phenoxy) is 1. The van der Waals surface area contributed by atoms with Crippen molar-refractivity contribution in [2.24, 2.45) is 5.92 Å². The third-order valence-corrected chi connectivity index (χ3v) is 4.37. The number of hydrogen-bond acceptors (Lipinski definition) is 2. The highest BCUT2D eigenvalue weighted by atomic mass is 79.9. The molecule has 0 heterocycles. The van der Waals surface area contributed by atoms with Gasteiger partial charge in [0.05, 0.1) is 6.61 Å². The zero-order chi connectivity index (χ0) is 14.6. The van der Waals surface area contributed by atoms with Gasteiger partial charge in [-0.1, -0.05) is 60.3 Å². The van der Waals surface area contributed by atoms with Crippen LogP contribution < -0.4 is 5.32 Å². The Hall–Kier alpha value is -0.380. The molecular weight excluding hydrogens is 314 g/mol. The Morgan fingerprint density at radius 2 is 2.05 bits per heavy atom. The van der Waals surface area contributed by atoms with Crippen LogP contribution in [0.5, 0.6) is 0 Å². The highest BCUT2D eigenvalue weighted by molar-refractivity contribution is 9.10. The average Bonchev–Trinajstić information content (AvgIpc) is 2.46. The topological polar surface area (TPSA) is 21.3 Å². The standard InChI is InChI=1S/C17H28BrNO/c1-3-4-5-8-15(14-19-11-12-20-2)13-16-9-6-7-10-17(16)18/h6-7,9-10,15,19H,3-5,8,11-14H2,1-2H3. The summed E-state index contributed by atoms with van der Waals surface area (Å²) in [5.74, 6) is 0.706. The van der Waals surface area contributed by atoms with Crippen LogP contribution in [0.4, 0.5) is 0 Å². The van der Waals surface area contributed by atoms with Crippen molar-refractivity contribution in [3.8, 4) is 0 Å². The molecule has 114 valence electrons. The normalized spacial score (nSPS) is 12.6. The zero-order valence-electron chi connectivity index (χ0n) is 12.8. The first-order valence-corrected chi connectivity index (χ1v) is 8.50. The predicted molar refractivity (Wildman–Crippen MR) is 90.2 cm³/mol. The summed E-state index contributed by atoms with van der Waals surface area (Å²) < 4.78 is 6.32. The quantitative estimate of drug-likeness (QED) is 0.601. The second-order valence-corrected chi connectivity index (χ2v) is 6.21. The zero-order valence-corrected chi connectivity index (χ0v) is 14.4. The summed E-state index contributed by atoms with van der Waals surface area (Å²) in [4.78, 5) is 0. The number of methoxy groups -OCH3 is 1. The summed E-state index contributed by atoms with van der Waals surface area (Å²) in [5.41, 5.74) is 1.42. The van der Waals surface area contributed by atoms with E-state index in [1.54, 1.807) is 7.11 Å². The summed E-state index contributed by atoms with van der Waals surface area (Å²) in [6.45, 7) is 5.07. The molecule has 0 aromatic heterocycles. The van der Waals surface area contributed by atoms with Crippen LogP contribution in [0, 0.1) is 5.92 Å². The van der Waals surface area contributed by atoms with Gasteiger partial charge in [-0.05, 0) is 36.9 Å². The van der Waals surface area contributed by atoms with Crippen LogP contribution >= 0.6 is 15.9 Å². The van der Waals surface area contributed by atoms with Crippen LogP contribution in [0.25, 0.3) is 0 Å². The monoisotopic (exact) mass is 341 g/mol. The van der Waals surface area contributed by atoms with Crippen molar-refractivity contribution >= 4 is 15.9 Å². The van der Waals surface area contributed by atoms with Crippen molar-refractivity contribution in [1.29, 1.82) is 0 Å². The first kappa shape index (κ1) is 17.7. The van der Waals surface area contributed by atoms with Gasteiger partial charge in [-0.3, -0.25) is 0 Å². The van der Waals surface area contributed by atoms with Crippen molar-refractivity contribution in [2.75, 3.05) is 26.8 Å². The van der Waals surface area contributed by atoms with Crippen molar-refractivity contribution in [3.63, 3.8) is 0 Å². The minimum absolute atomic E-state index is 0.706. The fourth-order valence-corrected chi connectivity index (χ4v) is 2.86. The summed E-state index contributed by atoms with van der Waals surface area (Å²) in [7, 11) is 1.75. The first-order valence-electron chi connectivity index (χ1n) is 7.71. The van der Waals surface area contributed by atoms with E-state index >= 15 is 0 Å². The SMILES string of the molecule is CCCCCC(CNCCOC)Cc1ccccc1Br. The molecule has 0 saturated carbocycles. The van der Waals surface area contributed by atoms with Crippen molar-refractivity contribution < 1.29 is 4.74 Å². The molecule has 0 aliphatic heterocycles. The fourth-order valence-electron chi connectivity index (χ4n) is 2.41. The predicted octanol–water partition coefficient (Wildman–Crippen LogP) is 4.42. The Morgan fingerprint density at radius 1 is 1.25 bits per heavy atom. The molecule has 2 nitrogen and oxygen atoms in total. The Bertz CT molecular complexity index is 357. The third kappa shape index (κ3) is 7.41. The van der Waals surface area contributed by atoms with Crippen LogP contribution in [-0.2, 0) is 11.2 Å². The number of benzene rings is 1. The van der Waals surface area contributed by atoms with Gasteiger partial charge in [-0.15, -0.1) is 0 Å². The lowest BCUT2D eigenvalue weighted by Crippen LogP contribution is -2.27. The number of rotatable bonds is 11. The molecule has 1 N–H and O–H groups in total. The number of hydrogen-bond donors (Lipinski definition) is 1. The molecule has 0 spiro atoms. The van der Waals surface area contributed by atoms with Crippen molar-refractivity contribution in [3.05, 3.63) is 34.3 Å². The largest absolute Gasteiger partial charge is 0.383 e. The molecule has 1 unspecified atom stereocenters. The summed E-state index contributed by atoms with van der Waals surface area (Å²) >= 11 is 3.66. The Labute approximate surface area is 132 Å². The second-order valence-electron chi connectivity index (χ2n) is 5.35. The van der Waals surface area contributed by atoms with Crippen LogP contribution in [0.1, 0.15) is 38.2 Å². The Balaban J connectivity index is 2.46. The smallest absolute Gasteiger partial charge is 0.0587 e. The highest BCUT2D eigenvalue weighted by Crippen LogP contribution is 2.22. The lowest BCUT2D eigenvalue weighted by atomic mass is 9.93. The average molecular weight is 342 g/mol. The van der Waals surface area contributed by atoms with E-state index in [9.17, 15) is 0 Å². The van der Waals surface area contributed by atoms with Crippen LogP contribution in [0.15, 0.2) is 28.7 Å². The minimum atomic E-state index is 0.706. The van der Waals surface area contributed by atoms with Crippen LogP contribution in [-0.4, -0.2) is 26.8 Å². The lowest BCUT2D eigenvalue weighted by Gasteiger charge is -2.18. The number of nitrogens with one attached hydrogen (secondary N) is 1. The molecule has 1 aromatic carbocycles. The fraction of sp³-hybridized carbons (Fsp3) is 0.647. The number of halogens is 1. The van der Waals surface area contributed by atoms with E-state index in [4.69, 9.17) is 4.74 Å². The molecule has 1 rings (SSSR count). The third-order valence-electron chi connectivity index (χ3n) is 3.60. The van der Waals surface area contributed by atoms with Gasteiger partial charge in [0.25, 0.3) is 0 Å². The maximum atomic E-state index is 5.09. The Morgan fingerprint density at radius 3 is 2.75 bits per heavy atom.